The normalized spacial score (nSPS) is 16.4. The van der Waals surface area contributed by atoms with Gasteiger partial charge in [-0.3, -0.25) is 14.7 Å². The fourth-order valence-corrected chi connectivity index (χ4v) is 4.53. The number of aromatic nitrogens is 3. The van der Waals surface area contributed by atoms with Crippen molar-refractivity contribution in [2.45, 2.75) is 40.2 Å². The summed E-state index contributed by atoms with van der Waals surface area (Å²) >= 11 is 0. The molecule has 4 heterocycles. The number of carbonyl (C=O) groups is 1. The molecule has 1 aliphatic heterocycles. The molecule has 0 amide bonds. The molecule has 0 spiro atoms. The summed E-state index contributed by atoms with van der Waals surface area (Å²) in [5, 5.41) is 8.31. The van der Waals surface area contributed by atoms with E-state index in [1.165, 1.54) is 0 Å². The fourth-order valence-electron chi connectivity index (χ4n) is 4.53. The maximum atomic E-state index is 12.8. The molecule has 0 aliphatic carbocycles. The van der Waals surface area contributed by atoms with E-state index in [1.54, 1.807) is 0 Å². The zero-order chi connectivity index (χ0) is 25.3. The van der Waals surface area contributed by atoms with E-state index in [-0.39, 0.29) is 5.63 Å². The SMILES string of the molecule is CC(=O)O.CC[C@H]1CN(c2ccc3cc(-c4cn5cc(C)nc(C)c5n4)c(=O)oc3c2)CCN1C. The average molecular weight is 478 g/mol. The molecular formula is C26H31N5O4. The smallest absolute Gasteiger partial charge is 0.345 e. The van der Waals surface area contributed by atoms with E-state index in [1.807, 2.05) is 48.8 Å². The molecule has 1 N–H and O–H groups in total. The van der Waals surface area contributed by atoms with Crippen LogP contribution in [0.3, 0.4) is 0 Å². The van der Waals surface area contributed by atoms with E-state index in [0.29, 0.717) is 22.9 Å². The highest BCUT2D eigenvalue weighted by molar-refractivity contribution is 5.84. The lowest BCUT2D eigenvalue weighted by molar-refractivity contribution is -0.134. The third-order valence-corrected chi connectivity index (χ3v) is 6.33. The molecule has 0 saturated carbocycles. The standard InChI is InChI=1S/C24H27N5O2.C2H4O2/c1-5-18-13-28(9-8-27(18)4)19-7-6-17-10-20(24(30)31-22(17)11-19)21-14-29-12-15(2)25-16(3)23(29)26-21;1-2(3)4/h6-7,10-12,14,18H,5,8-9,13H2,1-4H3;1H3,(H,3,4)/t18-;/m0./s1. The highest BCUT2D eigenvalue weighted by Crippen LogP contribution is 2.27. The summed E-state index contributed by atoms with van der Waals surface area (Å²) in [5.74, 6) is -0.833. The van der Waals surface area contributed by atoms with Gasteiger partial charge < -0.3 is 18.8 Å². The van der Waals surface area contributed by atoms with Gasteiger partial charge in [0.15, 0.2) is 5.65 Å². The number of imidazole rings is 1. The molecular weight excluding hydrogens is 446 g/mol. The highest BCUT2D eigenvalue weighted by atomic mass is 16.4. The molecule has 1 aliphatic rings. The summed E-state index contributed by atoms with van der Waals surface area (Å²) < 4.78 is 7.66. The van der Waals surface area contributed by atoms with Gasteiger partial charge in [-0.25, -0.2) is 9.78 Å². The number of rotatable bonds is 3. The Hall–Kier alpha value is -3.72. The van der Waals surface area contributed by atoms with E-state index >= 15 is 0 Å². The van der Waals surface area contributed by atoms with E-state index < -0.39 is 5.97 Å². The zero-order valence-corrected chi connectivity index (χ0v) is 20.8. The summed E-state index contributed by atoms with van der Waals surface area (Å²) in [6, 6.07) is 8.55. The third kappa shape index (κ3) is 5.19. The molecule has 0 bridgehead atoms. The lowest BCUT2D eigenvalue weighted by atomic mass is 10.1. The molecule has 1 aromatic carbocycles. The van der Waals surface area contributed by atoms with Crippen molar-refractivity contribution in [3.8, 4) is 11.3 Å². The van der Waals surface area contributed by atoms with Gasteiger partial charge in [0.2, 0.25) is 0 Å². The van der Waals surface area contributed by atoms with Crippen LogP contribution in [0.1, 0.15) is 31.7 Å². The Morgan fingerprint density at radius 2 is 1.91 bits per heavy atom. The first-order valence-electron chi connectivity index (χ1n) is 11.7. The van der Waals surface area contributed by atoms with Crippen molar-refractivity contribution in [1.29, 1.82) is 0 Å². The Balaban J connectivity index is 0.000000672. The average Bonchev–Trinajstić information content (AvgIpc) is 3.22. The maximum Gasteiger partial charge on any atom is 0.345 e. The Bertz CT molecular complexity index is 1440. The van der Waals surface area contributed by atoms with Gasteiger partial charge in [-0.15, -0.1) is 0 Å². The van der Waals surface area contributed by atoms with Crippen LogP contribution in [-0.2, 0) is 4.79 Å². The number of fused-ring (bicyclic) bond motifs is 2. The largest absolute Gasteiger partial charge is 0.481 e. The maximum absolute atomic E-state index is 12.8. The van der Waals surface area contributed by atoms with Gasteiger partial charge in [-0.05, 0) is 45.5 Å². The van der Waals surface area contributed by atoms with Gasteiger partial charge in [-0.2, -0.15) is 0 Å². The molecule has 4 aromatic rings. The Kier molecular flexibility index (Phi) is 6.88. The van der Waals surface area contributed by atoms with Crippen molar-refractivity contribution in [2.24, 2.45) is 0 Å². The predicted octanol–water partition coefficient (Wildman–Crippen LogP) is 3.74. The number of aryl methyl sites for hydroxylation is 2. The molecule has 1 saturated heterocycles. The molecule has 1 atom stereocenters. The van der Waals surface area contributed by atoms with Crippen molar-refractivity contribution in [3.63, 3.8) is 0 Å². The molecule has 3 aromatic heterocycles. The Labute approximate surface area is 203 Å². The number of carboxylic acid groups (broad SMARTS) is 1. The number of hydrogen-bond donors (Lipinski definition) is 1. The Morgan fingerprint density at radius 1 is 1.17 bits per heavy atom. The van der Waals surface area contributed by atoms with Crippen molar-refractivity contribution in [1.82, 2.24) is 19.3 Å². The van der Waals surface area contributed by atoms with E-state index in [0.717, 1.165) is 61.1 Å². The minimum Gasteiger partial charge on any atom is -0.481 e. The van der Waals surface area contributed by atoms with E-state index in [4.69, 9.17) is 14.3 Å². The van der Waals surface area contributed by atoms with Crippen LogP contribution in [0, 0.1) is 13.8 Å². The van der Waals surface area contributed by atoms with Crippen LogP contribution in [0.5, 0.6) is 0 Å². The zero-order valence-electron chi connectivity index (χ0n) is 20.8. The number of anilines is 1. The van der Waals surface area contributed by atoms with Crippen molar-refractivity contribution in [3.05, 3.63) is 58.5 Å². The fraction of sp³-hybridized carbons (Fsp3) is 0.385. The predicted molar refractivity (Wildman–Crippen MR) is 136 cm³/mol. The second-order valence-electron chi connectivity index (χ2n) is 9.00. The molecule has 1 fully saturated rings. The minimum atomic E-state index is -0.833. The Morgan fingerprint density at radius 3 is 2.63 bits per heavy atom. The number of likely N-dealkylation sites (N-methyl/N-ethyl adjacent to an activating group) is 1. The summed E-state index contributed by atoms with van der Waals surface area (Å²) in [7, 11) is 2.19. The number of hydrogen-bond acceptors (Lipinski definition) is 7. The first kappa shape index (κ1) is 24.4. The molecule has 35 heavy (non-hydrogen) atoms. The topological polar surface area (TPSA) is 104 Å². The van der Waals surface area contributed by atoms with Crippen molar-refractivity contribution in [2.75, 3.05) is 31.6 Å². The van der Waals surface area contributed by atoms with Gasteiger partial charge in [0.1, 0.15) is 5.58 Å². The van der Waals surface area contributed by atoms with E-state index in [9.17, 15) is 4.79 Å². The highest BCUT2D eigenvalue weighted by Gasteiger charge is 2.23. The lowest BCUT2D eigenvalue weighted by Gasteiger charge is -2.40. The van der Waals surface area contributed by atoms with Crippen LogP contribution in [0.4, 0.5) is 5.69 Å². The van der Waals surface area contributed by atoms with Crippen LogP contribution in [0.25, 0.3) is 27.9 Å². The van der Waals surface area contributed by atoms with E-state index in [2.05, 4.69) is 39.8 Å². The van der Waals surface area contributed by atoms with Crippen LogP contribution in [0.2, 0.25) is 0 Å². The number of piperazine rings is 1. The molecule has 9 heteroatoms. The molecule has 0 radical (unpaired) electrons. The molecule has 5 rings (SSSR count). The van der Waals surface area contributed by atoms with Crippen LogP contribution in [0.15, 0.2) is 45.9 Å². The first-order chi connectivity index (χ1) is 16.7. The lowest BCUT2D eigenvalue weighted by Crippen LogP contribution is -2.51. The number of nitrogens with zero attached hydrogens (tertiary/aromatic N) is 5. The van der Waals surface area contributed by atoms with Crippen molar-refractivity contribution < 1.29 is 14.3 Å². The van der Waals surface area contributed by atoms with Gasteiger partial charge in [0, 0.05) is 62.1 Å². The summed E-state index contributed by atoms with van der Waals surface area (Å²) in [6.45, 7) is 10.1. The number of carboxylic acids is 1. The third-order valence-electron chi connectivity index (χ3n) is 6.33. The molecule has 9 nitrogen and oxygen atoms in total. The van der Waals surface area contributed by atoms with Gasteiger partial charge in [0.05, 0.1) is 22.6 Å². The molecule has 0 unspecified atom stereocenters. The molecule has 184 valence electrons. The summed E-state index contributed by atoms with van der Waals surface area (Å²) in [6.07, 6.45) is 4.89. The number of benzene rings is 1. The second-order valence-corrected chi connectivity index (χ2v) is 9.00. The summed E-state index contributed by atoms with van der Waals surface area (Å²) in [5.41, 5.74) is 4.87. The van der Waals surface area contributed by atoms with Gasteiger partial charge in [-0.1, -0.05) is 6.92 Å². The monoisotopic (exact) mass is 477 g/mol. The minimum absolute atomic E-state index is 0.375. The van der Waals surface area contributed by atoms with Crippen LogP contribution < -0.4 is 10.5 Å². The first-order valence-corrected chi connectivity index (χ1v) is 11.7. The van der Waals surface area contributed by atoms with Crippen LogP contribution in [-0.4, -0.2) is 63.1 Å². The van der Waals surface area contributed by atoms with Gasteiger partial charge >= 0.3 is 5.63 Å². The number of aliphatic carboxylic acids is 1. The summed E-state index contributed by atoms with van der Waals surface area (Å²) in [4.78, 5) is 35.7. The second kappa shape index (κ2) is 9.87. The van der Waals surface area contributed by atoms with Gasteiger partial charge in [0.25, 0.3) is 5.97 Å². The quantitative estimate of drug-likeness (QED) is 0.445. The van der Waals surface area contributed by atoms with Crippen molar-refractivity contribution >= 4 is 28.3 Å². The van der Waals surface area contributed by atoms with Crippen LogP contribution >= 0.6 is 0 Å².